The van der Waals surface area contributed by atoms with Gasteiger partial charge in [0.25, 0.3) is 0 Å². The zero-order chi connectivity index (χ0) is 17.8. The quantitative estimate of drug-likeness (QED) is 0.717. The summed E-state index contributed by atoms with van der Waals surface area (Å²) in [5.74, 6) is 0.620. The van der Waals surface area contributed by atoms with Gasteiger partial charge in [-0.05, 0) is 54.4 Å². The number of methoxy groups -OCH3 is 1. The lowest BCUT2D eigenvalue weighted by Crippen LogP contribution is -2.32. The molecule has 0 heterocycles. The van der Waals surface area contributed by atoms with Gasteiger partial charge < -0.3 is 15.4 Å². The van der Waals surface area contributed by atoms with E-state index in [0.29, 0.717) is 0 Å². The number of rotatable bonds is 5. The first-order valence-electron chi connectivity index (χ1n) is 8.27. The number of carbonyl (C=O) groups excluding carboxylic acids is 1. The third-order valence-corrected chi connectivity index (χ3v) is 4.14. The summed E-state index contributed by atoms with van der Waals surface area (Å²) in [6, 6.07) is 19.4. The van der Waals surface area contributed by atoms with Gasteiger partial charge in [-0.1, -0.05) is 36.4 Å². The van der Waals surface area contributed by atoms with Gasteiger partial charge in [-0.3, -0.25) is 4.79 Å². The van der Waals surface area contributed by atoms with Gasteiger partial charge in [-0.15, -0.1) is 0 Å². The van der Waals surface area contributed by atoms with Gasteiger partial charge in [-0.2, -0.15) is 0 Å². The highest BCUT2D eigenvalue weighted by atomic mass is 16.5. The highest BCUT2D eigenvalue weighted by molar-refractivity contribution is 5.98. The van der Waals surface area contributed by atoms with Crippen LogP contribution in [0.25, 0.3) is 10.8 Å². The van der Waals surface area contributed by atoms with Crippen LogP contribution in [0.2, 0.25) is 0 Å². The van der Waals surface area contributed by atoms with Gasteiger partial charge in [0, 0.05) is 5.69 Å². The third-order valence-electron chi connectivity index (χ3n) is 4.14. The Morgan fingerprint density at radius 2 is 1.76 bits per heavy atom. The predicted octanol–water partition coefficient (Wildman–Crippen LogP) is 4.60. The van der Waals surface area contributed by atoms with Crippen LogP contribution < -0.4 is 15.4 Å². The Morgan fingerprint density at radius 3 is 2.52 bits per heavy atom. The molecule has 0 saturated heterocycles. The van der Waals surface area contributed by atoms with Crippen molar-refractivity contribution in [1.82, 2.24) is 0 Å². The second kappa shape index (κ2) is 7.26. The van der Waals surface area contributed by atoms with Gasteiger partial charge in [-0.25, -0.2) is 0 Å². The molecule has 0 bridgehead atoms. The van der Waals surface area contributed by atoms with Crippen molar-refractivity contribution in [2.75, 3.05) is 17.7 Å². The average Bonchev–Trinajstić information content (AvgIpc) is 2.61. The summed E-state index contributed by atoms with van der Waals surface area (Å²) in [5.41, 5.74) is 2.70. The second-order valence-corrected chi connectivity index (χ2v) is 6.12. The number of nitrogens with one attached hydrogen (secondary N) is 2. The lowest BCUT2D eigenvalue weighted by molar-refractivity contribution is -0.116. The maximum absolute atomic E-state index is 12.5. The molecule has 25 heavy (non-hydrogen) atoms. The maximum atomic E-state index is 12.5. The summed E-state index contributed by atoms with van der Waals surface area (Å²) in [4.78, 5) is 12.5. The number of fused-ring (bicyclic) bond motifs is 1. The minimum absolute atomic E-state index is 0.0983. The van der Waals surface area contributed by atoms with Crippen molar-refractivity contribution in [3.63, 3.8) is 0 Å². The van der Waals surface area contributed by atoms with E-state index in [1.807, 2.05) is 68.4 Å². The van der Waals surface area contributed by atoms with Crippen LogP contribution in [0.5, 0.6) is 5.75 Å². The standard InChI is InChI=1S/C21H22N2O2/c1-14-8-11-20(25-3)19(12-14)22-15(2)21(24)23-18-10-9-16-6-4-5-7-17(16)13-18/h4-13,15,22H,1-3H3,(H,23,24)/t15-/m1/s1. The van der Waals surface area contributed by atoms with E-state index in [4.69, 9.17) is 4.74 Å². The Balaban J connectivity index is 1.72. The van der Waals surface area contributed by atoms with E-state index in [1.165, 1.54) is 0 Å². The molecule has 0 aromatic heterocycles. The number of anilines is 2. The molecule has 3 rings (SSSR count). The first kappa shape index (κ1) is 16.8. The van der Waals surface area contributed by atoms with Crippen LogP contribution in [0.4, 0.5) is 11.4 Å². The predicted molar refractivity (Wildman–Crippen MR) is 103 cm³/mol. The first-order chi connectivity index (χ1) is 12.1. The van der Waals surface area contributed by atoms with Gasteiger partial charge in [0.1, 0.15) is 11.8 Å². The summed E-state index contributed by atoms with van der Waals surface area (Å²) in [6.07, 6.45) is 0. The summed E-state index contributed by atoms with van der Waals surface area (Å²) >= 11 is 0. The zero-order valence-corrected chi connectivity index (χ0v) is 14.7. The van der Waals surface area contributed by atoms with Crippen molar-refractivity contribution in [2.24, 2.45) is 0 Å². The number of benzene rings is 3. The zero-order valence-electron chi connectivity index (χ0n) is 14.7. The molecule has 3 aromatic carbocycles. The molecule has 0 aliphatic heterocycles. The lowest BCUT2D eigenvalue weighted by atomic mass is 10.1. The topological polar surface area (TPSA) is 50.4 Å². The molecule has 0 fully saturated rings. The average molecular weight is 334 g/mol. The molecule has 128 valence electrons. The fourth-order valence-corrected chi connectivity index (χ4v) is 2.75. The molecule has 1 amide bonds. The molecule has 4 nitrogen and oxygen atoms in total. The maximum Gasteiger partial charge on any atom is 0.246 e. The van der Waals surface area contributed by atoms with Crippen molar-refractivity contribution >= 4 is 28.1 Å². The molecule has 3 aromatic rings. The monoisotopic (exact) mass is 334 g/mol. The second-order valence-electron chi connectivity index (χ2n) is 6.12. The van der Waals surface area contributed by atoms with E-state index >= 15 is 0 Å². The number of hydrogen-bond donors (Lipinski definition) is 2. The molecular weight excluding hydrogens is 312 g/mol. The van der Waals surface area contributed by atoms with E-state index in [9.17, 15) is 4.79 Å². The van der Waals surface area contributed by atoms with Crippen LogP contribution in [-0.2, 0) is 4.79 Å². The number of aryl methyl sites for hydroxylation is 1. The Morgan fingerprint density at radius 1 is 1.00 bits per heavy atom. The van der Waals surface area contributed by atoms with Crippen LogP contribution in [-0.4, -0.2) is 19.1 Å². The number of ether oxygens (including phenoxy) is 1. The fourth-order valence-electron chi connectivity index (χ4n) is 2.75. The van der Waals surface area contributed by atoms with E-state index in [0.717, 1.165) is 33.5 Å². The minimum atomic E-state index is -0.401. The van der Waals surface area contributed by atoms with Gasteiger partial charge in [0.05, 0.1) is 12.8 Å². The highest BCUT2D eigenvalue weighted by Crippen LogP contribution is 2.26. The number of carbonyl (C=O) groups is 1. The molecule has 0 saturated carbocycles. The Kier molecular flexibility index (Phi) is 4.89. The molecule has 1 atom stereocenters. The van der Waals surface area contributed by atoms with E-state index in [-0.39, 0.29) is 5.91 Å². The van der Waals surface area contributed by atoms with E-state index in [1.54, 1.807) is 7.11 Å². The van der Waals surface area contributed by atoms with E-state index < -0.39 is 6.04 Å². The summed E-state index contributed by atoms with van der Waals surface area (Å²) < 4.78 is 5.35. The summed E-state index contributed by atoms with van der Waals surface area (Å²) in [5, 5.41) is 8.43. The lowest BCUT2D eigenvalue weighted by Gasteiger charge is -2.18. The molecular formula is C21H22N2O2. The van der Waals surface area contributed by atoms with Crippen LogP contribution in [0.1, 0.15) is 12.5 Å². The smallest absolute Gasteiger partial charge is 0.246 e. The molecule has 0 spiro atoms. The summed E-state index contributed by atoms with van der Waals surface area (Å²) in [6.45, 7) is 3.84. The van der Waals surface area contributed by atoms with Crippen molar-refractivity contribution in [3.05, 3.63) is 66.2 Å². The first-order valence-corrected chi connectivity index (χ1v) is 8.27. The SMILES string of the molecule is COc1ccc(C)cc1N[C@H](C)C(=O)Nc1ccc2ccccc2c1. The van der Waals surface area contributed by atoms with Crippen LogP contribution >= 0.6 is 0 Å². The van der Waals surface area contributed by atoms with Crippen molar-refractivity contribution < 1.29 is 9.53 Å². The number of hydrogen-bond acceptors (Lipinski definition) is 3. The van der Waals surface area contributed by atoms with Crippen LogP contribution in [0, 0.1) is 6.92 Å². The van der Waals surface area contributed by atoms with Crippen LogP contribution in [0.3, 0.4) is 0 Å². The van der Waals surface area contributed by atoms with E-state index in [2.05, 4.69) is 16.7 Å². The third kappa shape index (κ3) is 3.91. The Bertz CT molecular complexity index is 905. The Labute approximate surface area is 147 Å². The van der Waals surface area contributed by atoms with Gasteiger partial charge in [0.2, 0.25) is 5.91 Å². The van der Waals surface area contributed by atoms with Gasteiger partial charge >= 0.3 is 0 Å². The van der Waals surface area contributed by atoms with Crippen molar-refractivity contribution in [2.45, 2.75) is 19.9 Å². The molecule has 4 heteroatoms. The molecule has 0 aliphatic rings. The molecule has 0 aliphatic carbocycles. The number of amides is 1. The Hall–Kier alpha value is -3.01. The fraction of sp³-hybridized carbons (Fsp3) is 0.190. The molecule has 0 radical (unpaired) electrons. The van der Waals surface area contributed by atoms with Gasteiger partial charge in [0.15, 0.2) is 0 Å². The van der Waals surface area contributed by atoms with Crippen molar-refractivity contribution in [1.29, 1.82) is 0 Å². The largest absolute Gasteiger partial charge is 0.495 e. The van der Waals surface area contributed by atoms with Crippen LogP contribution in [0.15, 0.2) is 60.7 Å². The highest BCUT2D eigenvalue weighted by Gasteiger charge is 2.15. The van der Waals surface area contributed by atoms with Crippen molar-refractivity contribution in [3.8, 4) is 5.75 Å². The minimum Gasteiger partial charge on any atom is -0.495 e. The molecule has 0 unspecified atom stereocenters. The summed E-state index contributed by atoms with van der Waals surface area (Å²) in [7, 11) is 1.62. The normalized spacial score (nSPS) is 11.8. The molecule has 2 N–H and O–H groups in total.